The summed E-state index contributed by atoms with van der Waals surface area (Å²) < 4.78 is 29.2. The summed E-state index contributed by atoms with van der Waals surface area (Å²) in [6.07, 6.45) is 4.71. The molecule has 0 unspecified atom stereocenters. The van der Waals surface area contributed by atoms with E-state index in [1.165, 1.54) is 52.1 Å². The van der Waals surface area contributed by atoms with Crippen LogP contribution in [0.2, 0.25) is 0 Å². The van der Waals surface area contributed by atoms with Gasteiger partial charge in [-0.3, -0.25) is 14.7 Å². The van der Waals surface area contributed by atoms with Crippen LogP contribution in [0.15, 0.2) is 102 Å². The van der Waals surface area contributed by atoms with Gasteiger partial charge in [0.2, 0.25) is 10.0 Å². The van der Waals surface area contributed by atoms with E-state index in [0.29, 0.717) is 16.4 Å². The SMILES string of the molecule is C=CCN(CC=C)S(=O)(=O)c1ccc(C(=O)N(Cc2ccccn2)c2nc3ccc(Br)cc3s2)cc1. The highest BCUT2D eigenvalue weighted by Crippen LogP contribution is 2.32. The van der Waals surface area contributed by atoms with E-state index in [9.17, 15) is 13.2 Å². The Kier molecular flexibility index (Phi) is 8.10. The molecule has 0 fully saturated rings. The van der Waals surface area contributed by atoms with E-state index in [4.69, 9.17) is 0 Å². The number of carbonyl (C=O) groups is 1. The second-order valence-corrected chi connectivity index (χ2v) is 11.6. The number of fused-ring (bicyclic) bond motifs is 1. The molecule has 0 aliphatic rings. The van der Waals surface area contributed by atoms with Crippen LogP contribution in [0.1, 0.15) is 16.1 Å². The van der Waals surface area contributed by atoms with Crippen molar-refractivity contribution in [3.63, 3.8) is 0 Å². The quantitative estimate of drug-likeness (QED) is 0.225. The lowest BCUT2D eigenvalue weighted by Gasteiger charge is -2.21. The van der Waals surface area contributed by atoms with Crippen LogP contribution in [0.25, 0.3) is 10.2 Å². The van der Waals surface area contributed by atoms with Gasteiger partial charge in [0.25, 0.3) is 5.91 Å². The first kappa shape index (κ1) is 25.9. The topological polar surface area (TPSA) is 83.5 Å². The standard InChI is InChI=1S/C26H23BrN4O3S2/c1-3-15-30(16-4-2)36(33,34)22-11-8-19(9-12-22)25(32)31(18-21-7-5-6-14-28-21)26-29-23-13-10-20(27)17-24(23)35-26/h3-14,17H,1-2,15-16,18H2. The Bertz CT molecular complexity index is 1490. The predicted molar refractivity (Wildman–Crippen MR) is 148 cm³/mol. The minimum atomic E-state index is -3.77. The number of anilines is 1. The molecule has 0 aliphatic heterocycles. The van der Waals surface area contributed by atoms with E-state index in [1.807, 2.05) is 36.4 Å². The maximum Gasteiger partial charge on any atom is 0.260 e. The van der Waals surface area contributed by atoms with Gasteiger partial charge in [-0.15, -0.1) is 13.2 Å². The van der Waals surface area contributed by atoms with Gasteiger partial charge in [0.1, 0.15) is 0 Å². The number of hydrogen-bond donors (Lipinski definition) is 0. The summed E-state index contributed by atoms with van der Waals surface area (Å²) in [4.78, 5) is 24.3. The first-order valence-electron chi connectivity index (χ1n) is 10.9. The number of pyridine rings is 1. The van der Waals surface area contributed by atoms with Crippen molar-refractivity contribution in [2.24, 2.45) is 0 Å². The molecule has 4 rings (SSSR count). The molecule has 0 bridgehead atoms. The normalized spacial score (nSPS) is 11.5. The third kappa shape index (κ3) is 5.62. The van der Waals surface area contributed by atoms with E-state index in [1.54, 1.807) is 11.1 Å². The smallest absolute Gasteiger partial charge is 0.260 e. The molecule has 4 aromatic rings. The fraction of sp³-hybridized carbons (Fsp3) is 0.115. The van der Waals surface area contributed by atoms with Crippen molar-refractivity contribution in [3.8, 4) is 0 Å². The molecule has 0 saturated carbocycles. The van der Waals surface area contributed by atoms with E-state index >= 15 is 0 Å². The number of halogens is 1. The third-order valence-corrected chi connectivity index (χ3v) is 8.65. The number of benzene rings is 2. The van der Waals surface area contributed by atoms with Crippen LogP contribution >= 0.6 is 27.3 Å². The summed E-state index contributed by atoms with van der Waals surface area (Å²) in [7, 11) is -3.77. The van der Waals surface area contributed by atoms with Crippen molar-refractivity contribution in [1.82, 2.24) is 14.3 Å². The zero-order valence-corrected chi connectivity index (χ0v) is 22.5. The second-order valence-electron chi connectivity index (χ2n) is 7.74. The highest BCUT2D eigenvalue weighted by Gasteiger charge is 2.25. The molecule has 2 heterocycles. The maximum atomic E-state index is 13.7. The lowest BCUT2D eigenvalue weighted by molar-refractivity contribution is 0.0984. The van der Waals surface area contributed by atoms with E-state index in [0.717, 1.165) is 14.7 Å². The van der Waals surface area contributed by atoms with Crippen LogP contribution in [-0.2, 0) is 16.6 Å². The van der Waals surface area contributed by atoms with Gasteiger partial charge in [0.15, 0.2) is 5.13 Å². The largest absolute Gasteiger partial charge is 0.278 e. The minimum absolute atomic E-state index is 0.0869. The van der Waals surface area contributed by atoms with Crippen molar-refractivity contribution >= 4 is 58.5 Å². The number of nitrogens with zero attached hydrogens (tertiary/aromatic N) is 4. The van der Waals surface area contributed by atoms with Gasteiger partial charge in [0, 0.05) is 29.3 Å². The zero-order valence-electron chi connectivity index (χ0n) is 19.2. The van der Waals surface area contributed by atoms with Crippen LogP contribution in [-0.4, -0.2) is 41.7 Å². The van der Waals surface area contributed by atoms with Crippen molar-refractivity contribution < 1.29 is 13.2 Å². The number of rotatable bonds is 10. The molecule has 0 spiro atoms. The fourth-order valence-electron chi connectivity index (χ4n) is 3.51. The van der Waals surface area contributed by atoms with Gasteiger partial charge >= 0.3 is 0 Å². The molecule has 36 heavy (non-hydrogen) atoms. The Morgan fingerprint density at radius 3 is 2.39 bits per heavy atom. The third-order valence-electron chi connectivity index (χ3n) is 5.27. The van der Waals surface area contributed by atoms with E-state index < -0.39 is 10.0 Å². The highest BCUT2D eigenvalue weighted by molar-refractivity contribution is 9.10. The molecule has 0 radical (unpaired) electrons. The molecule has 0 saturated heterocycles. The lowest BCUT2D eigenvalue weighted by atomic mass is 10.2. The molecule has 0 N–H and O–H groups in total. The monoisotopic (exact) mass is 582 g/mol. The van der Waals surface area contributed by atoms with Crippen molar-refractivity contribution in [2.45, 2.75) is 11.4 Å². The summed E-state index contributed by atoms with van der Waals surface area (Å²) >= 11 is 4.87. The molecule has 1 amide bonds. The van der Waals surface area contributed by atoms with E-state index in [-0.39, 0.29) is 30.4 Å². The Morgan fingerprint density at radius 1 is 1.03 bits per heavy atom. The van der Waals surface area contributed by atoms with E-state index in [2.05, 4.69) is 39.1 Å². The number of aromatic nitrogens is 2. The molecular weight excluding hydrogens is 560 g/mol. The van der Waals surface area contributed by atoms with Gasteiger partial charge in [-0.1, -0.05) is 45.5 Å². The second kappa shape index (κ2) is 11.3. The van der Waals surface area contributed by atoms with Crippen LogP contribution in [0.5, 0.6) is 0 Å². The molecule has 2 aromatic carbocycles. The molecule has 0 atom stereocenters. The first-order chi connectivity index (χ1) is 17.3. The van der Waals surface area contributed by atoms with Crippen LogP contribution in [0, 0.1) is 0 Å². The number of hydrogen-bond acceptors (Lipinski definition) is 6. The first-order valence-corrected chi connectivity index (χ1v) is 14.0. The van der Waals surface area contributed by atoms with Crippen molar-refractivity contribution in [3.05, 3.63) is 108 Å². The summed E-state index contributed by atoms with van der Waals surface area (Å²) in [5.41, 5.74) is 1.82. The average Bonchev–Trinajstić information content (AvgIpc) is 3.30. The van der Waals surface area contributed by atoms with Gasteiger partial charge in [-0.2, -0.15) is 4.31 Å². The van der Waals surface area contributed by atoms with Crippen molar-refractivity contribution in [1.29, 1.82) is 0 Å². The average molecular weight is 584 g/mol. The minimum Gasteiger partial charge on any atom is -0.278 e. The summed E-state index contributed by atoms with van der Waals surface area (Å²) in [6, 6.07) is 17.2. The molecule has 0 aliphatic carbocycles. The maximum absolute atomic E-state index is 13.7. The Hall–Kier alpha value is -3.18. The van der Waals surface area contributed by atoms with Gasteiger partial charge in [-0.25, -0.2) is 13.4 Å². The van der Waals surface area contributed by atoms with Gasteiger partial charge in [0.05, 0.1) is 27.4 Å². The number of carbonyl (C=O) groups excluding carboxylic acids is 1. The van der Waals surface area contributed by atoms with Crippen LogP contribution < -0.4 is 4.90 Å². The molecule has 7 nitrogen and oxygen atoms in total. The number of thiazole rings is 1. The summed E-state index contributed by atoms with van der Waals surface area (Å²) in [5, 5.41) is 0.526. The van der Waals surface area contributed by atoms with Crippen LogP contribution in [0.4, 0.5) is 5.13 Å². The van der Waals surface area contributed by atoms with Crippen molar-refractivity contribution in [2.75, 3.05) is 18.0 Å². The molecule has 184 valence electrons. The molecule has 10 heteroatoms. The Labute approximate surface area is 222 Å². The molecule has 2 aromatic heterocycles. The number of sulfonamides is 1. The highest BCUT2D eigenvalue weighted by atomic mass is 79.9. The predicted octanol–water partition coefficient (Wildman–Crippen LogP) is 5.66. The zero-order chi connectivity index (χ0) is 25.7. The Balaban J connectivity index is 1.68. The summed E-state index contributed by atoms with van der Waals surface area (Å²) in [5.74, 6) is -0.309. The van der Waals surface area contributed by atoms with Crippen LogP contribution in [0.3, 0.4) is 0 Å². The van der Waals surface area contributed by atoms with Gasteiger partial charge < -0.3 is 0 Å². The molecular formula is C26H23BrN4O3S2. The van der Waals surface area contributed by atoms with Gasteiger partial charge in [-0.05, 0) is 54.6 Å². The number of amides is 1. The lowest BCUT2D eigenvalue weighted by Crippen LogP contribution is -2.32. The summed E-state index contributed by atoms with van der Waals surface area (Å²) in [6.45, 7) is 7.78. The Morgan fingerprint density at radius 2 is 1.75 bits per heavy atom. The fourth-order valence-corrected chi connectivity index (χ4v) is 6.41.